The smallest absolute Gasteiger partial charge is 0.437 e. The molecule has 1 amide bonds. The average molecular weight is 461 g/mol. The van der Waals surface area contributed by atoms with E-state index in [1.54, 1.807) is 4.90 Å². The third-order valence-corrected chi connectivity index (χ3v) is 7.74. The summed E-state index contributed by atoms with van der Waals surface area (Å²) in [6, 6.07) is 16.3. The highest BCUT2D eigenvalue weighted by molar-refractivity contribution is 6.62. The Morgan fingerprint density at radius 3 is 2.15 bits per heavy atom. The van der Waals surface area contributed by atoms with Crippen molar-refractivity contribution in [3.63, 3.8) is 0 Å². The lowest BCUT2D eigenvalue weighted by atomic mass is 9.78. The van der Waals surface area contributed by atoms with Crippen LogP contribution in [0.25, 0.3) is 0 Å². The second kappa shape index (κ2) is 8.90. The summed E-state index contributed by atoms with van der Waals surface area (Å²) in [5, 5.41) is 0. The fourth-order valence-electron chi connectivity index (χ4n) is 4.67. The van der Waals surface area contributed by atoms with Crippen molar-refractivity contribution in [2.75, 3.05) is 6.54 Å². The van der Waals surface area contributed by atoms with Crippen molar-refractivity contribution >= 4 is 18.7 Å². The molecule has 0 radical (unpaired) electrons. The van der Waals surface area contributed by atoms with Crippen LogP contribution in [-0.4, -0.2) is 35.9 Å². The molecule has 2 unspecified atom stereocenters. The van der Waals surface area contributed by atoms with E-state index in [0.717, 1.165) is 16.6 Å². The highest BCUT2D eigenvalue weighted by Gasteiger charge is 2.51. The van der Waals surface area contributed by atoms with Gasteiger partial charge in [-0.2, -0.15) is 0 Å². The van der Waals surface area contributed by atoms with Crippen molar-refractivity contribution in [1.82, 2.24) is 4.90 Å². The molecule has 2 aliphatic rings. The molecule has 0 spiro atoms. The Morgan fingerprint density at radius 1 is 1.03 bits per heavy atom. The molecule has 6 heteroatoms. The number of benzene rings is 2. The summed E-state index contributed by atoms with van der Waals surface area (Å²) in [4.78, 5) is 15.0. The first-order valence-corrected chi connectivity index (χ1v) is 12.1. The highest BCUT2D eigenvalue weighted by Crippen LogP contribution is 2.40. The molecular weight excluding hydrogens is 425 g/mol. The topological polar surface area (TPSA) is 48.0 Å². The van der Waals surface area contributed by atoms with Crippen molar-refractivity contribution in [2.45, 2.75) is 77.2 Å². The highest BCUT2D eigenvalue weighted by atomic mass is 16.7. The molecule has 0 aromatic heterocycles. The second-order valence-electron chi connectivity index (χ2n) is 10.6. The van der Waals surface area contributed by atoms with Crippen molar-refractivity contribution in [1.29, 1.82) is 0 Å². The van der Waals surface area contributed by atoms with Crippen molar-refractivity contribution < 1.29 is 18.8 Å². The van der Waals surface area contributed by atoms with Crippen LogP contribution < -0.4 is 5.46 Å². The van der Waals surface area contributed by atoms with Gasteiger partial charge in [0, 0.05) is 19.4 Å². The summed E-state index contributed by atoms with van der Waals surface area (Å²) in [6.07, 6.45) is 2.84. The molecule has 180 valence electrons. The summed E-state index contributed by atoms with van der Waals surface area (Å²) in [7, 11) is -0.400. The summed E-state index contributed by atoms with van der Waals surface area (Å²) < 4.78 is 18.5. The minimum atomic E-state index is -0.663. The van der Waals surface area contributed by atoms with E-state index in [4.69, 9.17) is 14.0 Å². The summed E-state index contributed by atoms with van der Waals surface area (Å²) >= 11 is 0. The summed E-state index contributed by atoms with van der Waals surface area (Å²) in [5.41, 5.74) is 2.80. The molecule has 2 aromatic carbocycles. The van der Waals surface area contributed by atoms with E-state index >= 15 is 0 Å². The van der Waals surface area contributed by atoms with Gasteiger partial charge < -0.3 is 18.9 Å². The van der Waals surface area contributed by atoms with Crippen LogP contribution in [0.5, 0.6) is 0 Å². The fourth-order valence-corrected chi connectivity index (χ4v) is 4.67. The zero-order chi connectivity index (χ0) is 24.7. The first-order valence-electron chi connectivity index (χ1n) is 12.1. The van der Waals surface area contributed by atoms with Gasteiger partial charge in [0.2, 0.25) is 0 Å². The minimum Gasteiger partial charge on any atom is -0.437 e. The molecule has 2 atom stereocenters. The maximum absolute atomic E-state index is 13.2. The van der Waals surface area contributed by atoms with Gasteiger partial charge >= 0.3 is 13.2 Å². The number of rotatable bonds is 6. The van der Waals surface area contributed by atoms with Crippen LogP contribution in [0, 0.1) is 6.92 Å². The van der Waals surface area contributed by atoms with Gasteiger partial charge in [0.1, 0.15) is 5.60 Å². The zero-order valence-electron chi connectivity index (χ0n) is 21.3. The molecular formula is C28H36BNO4. The van der Waals surface area contributed by atoms with E-state index in [1.807, 2.05) is 37.3 Å². The van der Waals surface area contributed by atoms with E-state index in [0.29, 0.717) is 19.4 Å². The second-order valence-corrected chi connectivity index (χ2v) is 10.6. The van der Waals surface area contributed by atoms with Crippen molar-refractivity contribution in [3.8, 4) is 0 Å². The average Bonchev–Trinajstić information content (AvgIpc) is 3.01. The van der Waals surface area contributed by atoms with Gasteiger partial charge in [0.05, 0.1) is 17.2 Å². The third kappa shape index (κ3) is 4.41. The number of amides is 1. The van der Waals surface area contributed by atoms with Crippen LogP contribution >= 0.6 is 0 Å². The van der Waals surface area contributed by atoms with Crippen LogP contribution in [0.4, 0.5) is 4.79 Å². The van der Waals surface area contributed by atoms with Crippen molar-refractivity contribution in [2.24, 2.45) is 0 Å². The van der Waals surface area contributed by atoms with Gasteiger partial charge in [0.25, 0.3) is 0 Å². The van der Waals surface area contributed by atoms with E-state index in [-0.39, 0.29) is 23.3 Å². The molecule has 0 saturated carbocycles. The molecule has 2 aliphatic heterocycles. The molecule has 2 heterocycles. The van der Waals surface area contributed by atoms with Gasteiger partial charge in [-0.3, -0.25) is 0 Å². The van der Waals surface area contributed by atoms with Gasteiger partial charge in [-0.05, 0) is 58.1 Å². The van der Waals surface area contributed by atoms with Gasteiger partial charge in [-0.15, -0.1) is 6.58 Å². The molecule has 2 aromatic rings. The number of nitrogens with zero attached hydrogens (tertiary/aromatic N) is 1. The monoisotopic (exact) mass is 461 g/mol. The Balaban J connectivity index is 1.48. The predicted octanol–water partition coefficient (Wildman–Crippen LogP) is 5.67. The molecule has 0 N–H and O–H groups in total. The Labute approximate surface area is 204 Å². The molecule has 2 saturated heterocycles. The van der Waals surface area contributed by atoms with E-state index in [9.17, 15) is 4.79 Å². The van der Waals surface area contributed by atoms with E-state index in [2.05, 4.69) is 65.5 Å². The van der Waals surface area contributed by atoms with Gasteiger partial charge in [0.15, 0.2) is 0 Å². The van der Waals surface area contributed by atoms with Gasteiger partial charge in [-0.25, -0.2) is 4.79 Å². The normalized spacial score (nSPS) is 24.6. The molecule has 4 rings (SSSR count). The SMILES string of the molecule is C=CCC1(c2ccc(C)cc2)CCN(C(C)c2ccc(B3OC(C)(C)C(C)(C)O3)cc2)C(=O)O1. The van der Waals surface area contributed by atoms with Crippen LogP contribution in [0.2, 0.25) is 0 Å². The molecule has 0 aliphatic carbocycles. The quantitative estimate of drug-likeness (QED) is 0.411. The summed E-state index contributed by atoms with van der Waals surface area (Å²) in [6.45, 7) is 16.8. The molecule has 0 bridgehead atoms. The van der Waals surface area contributed by atoms with Crippen LogP contribution in [0.3, 0.4) is 0 Å². The Kier molecular flexibility index (Phi) is 6.43. The number of ether oxygens (including phenoxy) is 1. The third-order valence-electron chi connectivity index (χ3n) is 7.74. The first kappa shape index (κ1) is 24.6. The maximum Gasteiger partial charge on any atom is 0.494 e. The Bertz CT molecular complexity index is 1030. The lowest BCUT2D eigenvalue weighted by Crippen LogP contribution is -2.48. The van der Waals surface area contributed by atoms with E-state index < -0.39 is 12.7 Å². The lowest BCUT2D eigenvalue weighted by Gasteiger charge is -2.43. The number of carbonyl (C=O) groups excluding carboxylic acids is 1. The maximum atomic E-state index is 13.2. The number of cyclic esters (lactones) is 1. The Hall–Kier alpha value is -2.57. The molecule has 2 fully saturated rings. The summed E-state index contributed by atoms with van der Waals surface area (Å²) in [5.74, 6) is 0. The van der Waals surface area contributed by atoms with Crippen LogP contribution in [0.15, 0.2) is 61.2 Å². The largest absolute Gasteiger partial charge is 0.494 e. The Morgan fingerprint density at radius 2 is 1.62 bits per heavy atom. The predicted molar refractivity (Wildman–Crippen MR) is 136 cm³/mol. The molecule has 34 heavy (non-hydrogen) atoms. The number of carbonyl (C=O) groups is 1. The number of hydrogen-bond acceptors (Lipinski definition) is 4. The standard InChI is InChI=1S/C28H36BNO4/c1-8-17-28(23-13-9-20(2)10-14-23)18-19-30(25(31)32-28)21(3)22-11-15-24(16-12-22)29-33-26(4,5)27(6,7)34-29/h8-16,21H,1,17-19H2,2-7H3. The molecule has 5 nitrogen and oxygen atoms in total. The minimum absolute atomic E-state index is 0.111. The lowest BCUT2D eigenvalue weighted by molar-refractivity contribution is -0.0588. The van der Waals surface area contributed by atoms with E-state index in [1.165, 1.54) is 5.56 Å². The van der Waals surface area contributed by atoms with Crippen LogP contribution in [0.1, 0.15) is 70.2 Å². The van der Waals surface area contributed by atoms with Crippen LogP contribution in [-0.2, 0) is 19.6 Å². The first-order chi connectivity index (χ1) is 16.0. The number of hydrogen-bond donors (Lipinski definition) is 0. The van der Waals surface area contributed by atoms with Gasteiger partial charge in [-0.1, -0.05) is 60.2 Å². The zero-order valence-corrected chi connectivity index (χ0v) is 21.3. The fraction of sp³-hybridized carbons (Fsp3) is 0.464. The number of aryl methyl sites for hydroxylation is 1. The van der Waals surface area contributed by atoms with Crippen molar-refractivity contribution in [3.05, 3.63) is 77.9 Å².